The number of hydrogen-bond donors (Lipinski definition) is 1. The van der Waals surface area contributed by atoms with Gasteiger partial charge in [-0.3, -0.25) is 0 Å². The van der Waals surface area contributed by atoms with Gasteiger partial charge >= 0.3 is 6.03 Å². The van der Waals surface area contributed by atoms with Crippen LogP contribution in [0.5, 0.6) is 0 Å². The molecule has 5 heteroatoms. The quantitative estimate of drug-likeness (QED) is 0.811. The molecule has 0 aliphatic carbocycles. The zero-order chi connectivity index (χ0) is 13.2. The van der Waals surface area contributed by atoms with Crippen molar-refractivity contribution in [2.45, 2.75) is 13.1 Å². The topological polar surface area (TPSA) is 45.2 Å². The van der Waals surface area contributed by atoms with E-state index in [9.17, 15) is 4.79 Å². The number of carbonyl (C=O) groups is 1. The molecule has 2 heterocycles. The number of benzene rings is 1. The first-order valence-electron chi connectivity index (χ1n) is 5.96. The largest absolute Gasteiger partial charge is 0.322 e. The summed E-state index contributed by atoms with van der Waals surface area (Å²) in [7, 11) is 0. The first-order chi connectivity index (χ1) is 9.22. The predicted octanol–water partition coefficient (Wildman–Crippen LogP) is 3.28. The highest BCUT2D eigenvalue weighted by atomic mass is 35.5. The Morgan fingerprint density at radius 2 is 1.84 bits per heavy atom. The molecular weight excluding hydrogens is 262 g/mol. The van der Waals surface area contributed by atoms with Crippen molar-refractivity contribution in [3.8, 4) is 0 Å². The number of aromatic nitrogens is 1. The SMILES string of the molecule is O=C(Nc1ccc(Cl)nc1)N1Cc2ccccc2C1. The van der Waals surface area contributed by atoms with Crippen LogP contribution in [0, 0.1) is 0 Å². The number of halogens is 1. The Balaban J connectivity index is 1.68. The molecule has 2 aromatic rings. The molecule has 1 aromatic carbocycles. The molecular formula is C14H12ClN3O. The highest BCUT2D eigenvalue weighted by Crippen LogP contribution is 2.23. The molecule has 1 aliphatic heterocycles. The lowest BCUT2D eigenvalue weighted by Gasteiger charge is -2.16. The van der Waals surface area contributed by atoms with Crippen LogP contribution in [0.2, 0.25) is 5.15 Å². The minimum atomic E-state index is -0.125. The lowest BCUT2D eigenvalue weighted by molar-refractivity contribution is 0.212. The van der Waals surface area contributed by atoms with Crippen molar-refractivity contribution in [2.24, 2.45) is 0 Å². The zero-order valence-electron chi connectivity index (χ0n) is 10.1. The molecule has 0 spiro atoms. The summed E-state index contributed by atoms with van der Waals surface area (Å²) in [5.41, 5.74) is 3.05. The number of rotatable bonds is 1. The molecule has 2 amide bonds. The van der Waals surface area contributed by atoms with Crippen molar-refractivity contribution in [1.82, 2.24) is 9.88 Å². The molecule has 0 bridgehead atoms. The number of urea groups is 1. The van der Waals surface area contributed by atoms with Gasteiger partial charge in [0.05, 0.1) is 11.9 Å². The Hall–Kier alpha value is -2.07. The molecule has 0 atom stereocenters. The highest BCUT2D eigenvalue weighted by Gasteiger charge is 2.22. The number of pyridine rings is 1. The number of anilines is 1. The third-order valence-electron chi connectivity index (χ3n) is 3.11. The van der Waals surface area contributed by atoms with E-state index in [0.29, 0.717) is 23.9 Å². The monoisotopic (exact) mass is 273 g/mol. The van der Waals surface area contributed by atoms with Crippen molar-refractivity contribution >= 4 is 23.3 Å². The number of nitrogens with zero attached hydrogens (tertiary/aromatic N) is 2. The van der Waals surface area contributed by atoms with E-state index in [1.807, 2.05) is 24.3 Å². The first kappa shape index (κ1) is 12.0. The summed E-state index contributed by atoms with van der Waals surface area (Å²) in [5, 5.41) is 3.22. The van der Waals surface area contributed by atoms with E-state index < -0.39 is 0 Å². The van der Waals surface area contributed by atoms with Crippen molar-refractivity contribution in [1.29, 1.82) is 0 Å². The summed E-state index contributed by atoms with van der Waals surface area (Å²) in [6.45, 7) is 1.28. The van der Waals surface area contributed by atoms with Gasteiger partial charge in [-0.1, -0.05) is 35.9 Å². The van der Waals surface area contributed by atoms with Crippen LogP contribution in [-0.2, 0) is 13.1 Å². The lowest BCUT2D eigenvalue weighted by atomic mass is 10.1. The van der Waals surface area contributed by atoms with Crippen molar-refractivity contribution in [3.05, 3.63) is 58.9 Å². The third kappa shape index (κ3) is 2.53. The summed E-state index contributed by atoms with van der Waals surface area (Å²) >= 11 is 5.70. The summed E-state index contributed by atoms with van der Waals surface area (Å²) in [6, 6.07) is 11.3. The van der Waals surface area contributed by atoms with Crippen LogP contribution in [0.15, 0.2) is 42.6 Å². The summed E-state index contributed by atoms with van der Waals surface area (Å²) < 4.78 is 0. The maximum absolute atomic E-state index is 12.1. The second-order valence-electron chi connectivity index (χ2n) is 4.42. The molecule has 0 saturated heterocycles. The van der Waals surface area contributed by atoms with Crippen molar-refractivity contribution in [2.75, 3.05) is 5.32 Å². The molecule has 0 radical (unpaired) electrons. The van der Waals surface area contributed by atoms with Gasteiger partial charge in [-0.05, 0) is 23.3 Å². The fourth-order valence-electron chi connectivity index (χ4n) is 2.13. The highest BCUT2D eigenvalue weighted by molar-refractivity contribution is 6.29. The summed E-state index contributed by atoms with van der Waals surface area (Å²) in [6.07, 6.45) is 1.55. The van der Waals surface area contributed by atoms with E-state index in [1.54, 1.807) is 23.2 Å². The molecule has 1 N–H and O–H groups in total. The van der Waals surface area contributed by atoms with Crippen molar-refractivity contribution in [3.63, 3.8) is 0 Å². The molecule has 96 valence electrons. The normalized spacial score (nSPS) is 13.2. The van der Waals surface area contributed by atoms with Gasteiger partial charge in [0.15, 0.2) is 0 Å². The Bertz CT molecular complexity index is 587. The van der Waals surface area contributed by atoms with Crippen LogP contribution in [0.4, 0.5) is 10.5 Å². The Morgan fingerprint density at radius 1 is 1.16 bits per heavy atom. The summed E-state index contributed by atoms with van der Waals surface area (Å²) in [5.74, 6) is 0. The third-order valence-corrected chi connectivity index (χ3v) is 3.33. The molecule has 0 unspecified atom stereocenters. The van der Waals surface area contributed by atoms with Crippen LogP contribution in [0.25, 0.3) is 0 Å². The van der Waals surface area contributed by atoms with Crippen LogP contribution in [0.3, 0.4) is 0 Å². The van der Waals surface area contributed by atoms with Gasteiger partial charge in [0.25, 0.3) is 0 Å². The Morgan fingerprint density at radius 3 is 2.42 bits per heavy atom. The number of fused-ring (bicyclic) bond motifs is 1. The molecule has 1 aliphatic rings. The van der Waals surface area contributed by atoms with E-state index in [-0.39, 0.29) is 6.03 Å². The minimum absolute atomic E-state index is 0.125. The maximum Gasteiger partial charge on any atom is 0.322 e. The summed E-state index contributed by atoms with van der Waals surface area (Å²) in [4.78, 5) is 17.8. The molecule has 0 fully saturated rings. The van der Waals surface area contributed by atoms with Gasteiger partial charge in [0.1, 0.15) is 5.15 Å². The van der Waals surface area contributed by atoms with E-state index in [0.717, 1.165) is 0 Å². The van der Waals surface area contributed by atoms with Gasteiger partial charge in [-0.2, -0.15) is 0 Å². The van der Waals surface area contributed by atoms with Gasteiger partial charge in [0.2, 0.25) is 0 Å². The molecule has 0 saturated carbocycles. The predicted molar refractivity (Wildman–Crippen MR) is 74.0 cm³/mol. The van der Waals surface area contributed by atoms with Gasteiger partial charge in [-0.25, -0.2) is 9.78 Å². The molecule has 19 heavy (non-hydrogen) atoms. The standard InChI is InChI=1S/C14H12ClN3O/c15-13-6-5-12(7-16-13)17-14(19)18-8-10-3-1-2-4-11(10)9-18/h1-7H,8-9H2,(H,17,19). The second-order valence-corrected chi connectivity index (χ2v) is 4.81. The molecule has 4 nitrogen and oxygen atoms in total. The van der Waals surface area contributed by atoms with Gasteiger partial charge in [-0.15, -0.1) is 0 Å². The van der Waals surface area contributed by atoms with E-state index >= 15 is 0 Å². The Kier molecular flexibility index (Phi) is 3.09. The van der Waals surface area contributed by atoms with Gasteiger partial charge < -0.3 is 10.2 Å². The second kappa shape index (κ2) is 4.90. The first-order valence-corrected chi connectivity index (χ1v) is 6.34. The zero-order valence-corrected chi connectivity index (χ0v) is 10.9. The lowest BCUT2D eigenvalue weighted by Crippen LogP contribution is -2.30. The maximum atomic E-state index is 12.1. The van der Waals surface area contributed by atoms with Crippen LogP contribution in [0.1, 0.15) is 11.1 Å². The Labute approximate surface area is 116 Å². The number of amides is 2. The average Bonchev–Trinajstić information content (AvgIpc) is 2.85. The van der Waals surface area contributed by atoms with E-state index in [2.05, 4.69) is 10.3 Å². The van der Waals surface area contributed by atoms with Crippen LogP contribution in [-0.4, -0.2) is 15.9 Å². The number of carbonyl (C=O) groups excluding carboxylic acids is 1. The van der Waals surface area contributed by atoms with Crippen LogP contribution >= 0.6 is 11.6 Å². The molecule has 1 aromatic heterocycles. The minimum Gasteiger partial charge on any atom is -0.316 e. The van der Waals surface area contributed by atoms with E-state index in [4.69, 9.17) is 11.6 Å². The molecule has 3 rings (SSSR count). The fraction of sp³-hybridized carbons (Fsp3) is 0.143. The van der Waals surface area contributed by atoms with E-state index in [1.165, 1.54) is 11.1 Å². The van der Waals surface area contributed by atoms with Crippen LogP contribution < -0.4 is 5.32 Å². The number of hydrogen-bond acceptors (Lipinski definition) is 2. The van der Waals surface area contributed by atoms with Gasteiger partial charge in [0, 0.05) is 13.1 Å². The fourth-order valence-corrected chi connectivity index (χ4v) is 2.24. The average molecular weight is 274 g/mol. The van der Waals surface area contributed by atoms with Crippen molar-refractivity contribution < 1.29 is 4.79 Å². The number of nitrogens with one attached hydrogen (secondary N) is 1. The smallest absolute Gasteiger partial charge is 0.316 e.